The molecule has 0 aromatic heterocycles. The predicted octanol–water partition coefficient (Wildman–Crippen LogP) is 1.29. The molecule has 27 heavy (non-hydrogen) atoms. The van der Waals surface area contributed by atoms with Crippen LogP contribution in [-0.4, -0.2) is 73.1 Å². The number of carbonyl (C=O) groups is 3. The van der Waals surface area contributed by atoms with Gasteiger partial charge >= 0.3 is 6.03 Å². The van der Waals surface area contributed by atoms with E-state index in [2.05, 4.69) is 10.6 Å². The Bertz CT molecular complexity index is 685. The lowest BCUT2D eigenvalue weighted by atomic mass is 10.1. The van der Waals surface area contributed by atoms with Crippen molar-refractivity contribution in [2.24, 2.45) is 0 Å². The maximum atomic E-state index is 12.4. The van der Waals surface area contributed by atoms with Crippen molar-refractivity contribution in [2.45, 2.75) is 25.8 Å². The van der Waals surface area contributed by atoms with E-state index in [4.69, 9.17) is 4.74 Å². The molecule has 2 aliphatic rings. The summed E-state index contributed by atoms with van der Waals surface area (Å²) in [5, 5.41) is 5.59. The number of ether oxygens (including phenoxy) is 1. The molecule has 0 aliphatic carbocycles. The highest BCUT2D eigenvalue weighted by Crippen LogP contribution is 2.13. The van der Waals surface area contributed by atoms with Crippen LogP contribution in [0.2, 0.25) is 0 Å². The Kier molecular flexibility index (Phi) is 6.28. The predicted molar refractivity (Wildman–Crippen MR) is 101 cm³/mol. The maximum absolute atomic E-state index is 12.4. The highest BCUT2D eigenvalue weighted by molar-refractivity contribution is 5.95. The summed E-state index contributed by atoms with van der Waals surface area (Å²) in [6.45, 7) is 5.45. The molecule has 2 heterocycles. The Morgan fingerprint density at radius 1 is 1.15 bits per heavy atom. The Morgan fingerprint density at radius 2 is 1.85 bits per heavy atom. The molecule has 2 saturated heterocycles. The highest BCUT2D eigenvalue weighted by atomic mass is 16.5. The molecular weight excluding hydrogens is 348 g/mol. The lowest BCUT2D eigenvalue weighted by molar-refractivity contribution is -0.127. The van der Waals surface area contributed by atoms with Crippen molar-refractivity contribution in [1.82, 2.24) is 15.1 Å². The molecule has 3 rings (SSSR count). The number of amides is 4. The average Bonchev–Trinajstić information content (AvgIpc) is 3.07. The molecule has 1 atom stereocenters. The minimum atomic E-state index is -0.332. The molecular formula is C19H26N4O4. The molecule has 2 N–H and O–H groups in total. The van der Waals surface area contributed by atoms with Crippen LogP contribution in [0.15, 0.2) is 24.3 Å². The smallest absolute Gasteiger partial charge is 0.319 e. The van der Waals surface area contributed by atoms with E-state index in [1.54, 1.807) is 34.1 Å². The molecule has 0 radical (unpaired) electrons. The topological polar surface area (TPSA) is 91.0 Å². The Labute approximate surface area is 158 Å². The SMILES string of the molecule is CC(CN1CCCC1=O)NC(=O)Nc1ccc(C(=O)N2CCOCC2)cc1. The first kappa shape index (κ1) is 19.2. The number of benzene rings is 1. The van der Waals surface area contributed by atoms with E-state index in [-0.39, 0.29) is 23.9 Å². The number of urea groups is 1. The summed E-state index contributed by atoms with van der Waals surface area (Å²) in [5.74, 6) is 0.114. The second-order valence-corrected chi connectivity index (χ2v) is 6.92. The number of anilines is 1. The fourth-order valence-electron chi connectivity index (χ4n) is 3.31. The van der Waals surface area contributed by atoms with Gasteiger partial charge in [-0.25, -0.2) is 4.79 Å². The van der Waals surface area contributed by atoms with Gasteiger partial charge < -0.3 is 25.2 Å². The zero-order chi connectivity index (χ0) is 19.2. The molecule has 2 aliphatic heterocycles. The van der Waals surface area contributed by atoms with E-state index in [9.17, 15) is 14.4 Å². The summed E-state index contributed by atoms with van der Waals surface area (Å²) in [6, 6.07) is 6.36. The van der Waals surface area contributed by atoms with E-state index in [0.717, 1.165) is 13.0 Å². The van der Waals surface area contributed by atoms with Gasteiger partial charge in [0, 0.05) is 49.9 Å². The van der Waals surface area contributed by atoms with Gasteiger partial charge in [0.25, 0.3) is 5.91 Å². The third-order valence-corrected chi connectivity index (χ3v) is 4.73. The second-order valence-electron chi connectivity index (χ2n) is 6.92. The van der Waals surface area contributed by atoms with Crippen LogP contribution in [0, 0.1) is 0 Å². The molecule has 8 nitrogen and oxygen atoms in total. The van der Waals surface area contributed by atoms with Crippen LogP contribution >= 0.6 is 0 Å². The lowest BCUT2D eigenvalue weighted by Crippen LogP contribution is -2.44. The van der Waals surface area contributed by atoms with Crippen molar-refractivity contribution in [3.8, 4) is 0 Å². The molecule has 0 bridgehead atoms. The number of nitrogens with zero attached hydrogens (tertiary/aromatic N) is 2. The largest absolute Gasteiger partial charge is 0.378 e. The van der Waals surface area contributed by atoms with Crippen LogP contribution < -0.4 is 10.6 Å². The third kappa shape index (κ3) is 5.19. The van der Waals surface area contributed by atoms with Crippen LogP contribution in [-0.2, 0) is 9.53 Å². The van der Waals surface area contributed by atoms with Gasteiger partial charge in [0.15, 0.2) is 0 Å². The summed E-state index contributed by atoms with van der Waals surface area (Å²) < 4.78 is 5.26. The van der Waals surface area contributed by atoms with Gasteiger partial charge in [-0.1, -0.05) is 0 Å². The quantitative estimate of drug-likeness (QED) is 0.813. The first-order valence-electron chi connectivity index (χ1n) is 9.35. The fourth-order valence-corrected chi connectivity index (χ4v) is 3.31. The first-order valence-corrected chi connectivity index (χ1v) is 9.35. The van der Waals surface area contributed by atoms with E-state index >= 15 is 0 Å². The number of hydrogen-bond acceptors (Lipinski definition) is 4. The van der Waals surface area contributed by atoms with Crippen molar-refractivity contribution in [3.05, 3.63) is 29.8 Å². The van der Waals surface area contributed by atoms with Crippen molar-refractivity contribution in [3.63, 3.8) is 0 Å². The standard InChI is InChI=1S/C19H26N4O4/c1-14(13-23-8-2-3-17(23)24)20-19(26)21-16-6-4-15(5-7-16)18(25)22-9-11-27-12-10-22/h4-7,14H,2-3,8-13H2,1H3,(H2,20,21,26). The number of carbonyl (C=O) groups excluding carboxylic acids is 3. The zero-order valence-corrected chi connectivity index (χ0v) is 15.6. The minimum absolute atomic E-state index is 0.0294. The maximum Gasteiger partial charge on any atom is 0.319 e. The minimum Gasteiger partial charge on any atom is -0.378 e. The van der Waals surface area contributed by atoms with E-state index < -0.39 is 0 Å². The lowest BCUT2D eigenvalue weighted by Gasteiger charge is -2.26. The molecule has 1 aromatic rings. The van der Waals surface area contributed by atoms with Crippen LogP contribution in [0.4, 0.5) is 10.5 Å². The average molecular weight is 374 g/mol. The van der Waals surface area contributed by atoms with Gasteiger partial charge in [-0.15, -0.1) is 0 Å². The molecule has 4 amide bonds. The highest BCUT2D eigenvalue weighted by Gasteiger charge is 2.22. The van der Waals surface area contributed by atoms with Gasteiger partial charge in [-0.3, -0.25) is 9.59 Å². The van der Waals surface area contributed by atoms with Crippen LogP contribution in [0.25, 0.3) is 0 Å². The summed E-state index contributed by atoms with van der Waals surface area (Å²) in [7, 11) is 0. The molecule has 2 fully saturated rings. The summed E-state index contributed by atoms with van der Waals surface area (Å²) in [4.78, 5) is 39.7. The summed E-state index contributed by atoms with van der Waals surface area (Å²) >= 11 is 0. The molecule has 1 aromatic carbocycles. The van der Waals surface area contributed by atoms with Gasteiger partial charge in [0.05, 0.1) is 13.2 Å². The van der Waals surface area contributed by atoms with Crippen LogP contribution in [0.5, 0.6) is 0 Å². The van der Waals surface area contributed by atoms with Gasteiger partial charge in [0.1, 0.15) is 0 Å². The fraction of sp³-hybridized carbons (Fsp3) is 0.526. The van der Waals surface area contributed by atoms with Crippen molar-refractivity contribution >= 4 is 23.5 Å². The second kappa shape index (κ2) is 8.85. The number of morpholine rings is 1. The molecule has 1 unspecified atom stereocenters. The Morgan fingerprint density at radius 3 is 2.48 bits per heavy atom. The zero-order valence-electron chi connectivity index (χ0n) is 15.6. The van der Waals surface area contributed by atoms with Crippen molar-refractivity contribution < 1.29 is 19.1 Å². The third-order valence-electron chi connectivity index (χ3n) is 4.73. The van der Waals surface area contributed by atoms with Crippen molar-refractivity contribution in [2.75, 3.05) is 44.7 Å². The van der Waals surface area contributed by atoms with Gasteiger partial charge in [-0.05, 0) is 37.6 Å². The molecule has 0 spiro atoms. The normalized spacial score (nSPS) is 18.3. The summed E-state index contributed by atoms with van der Waals surface area (Å²) in [6.07, 6.45) is 1.47. The van der Waals surface area contributed by atoms with E-state index in [1.807, 2.05) is 6.92 Å². The van der Waals surface area contributed by atoms with Crippen LogP contribution in [0.1, 0.15) is 30.1 Å². The van der Waals surface area contributed by atoms with E-state index in [0.29, 0.717) is 50.5 Å². The summed E-state index contributed by atoms with van der Waals surface area (Å²) in [5.41, 5.74) is 1.19. The molecule has 8 heteroatoms. The van der Waals surface area contributed by atoms with Gasteiger partial charge in [0.2, 0.25) is 5.91 Å². The van der Waals surface area contributed by atoms with Crippen molar-refractivity contribution in [1.29, 1.82) is 0 Å². The van der Waals surface area contributed by atoms with E-state index in [1.165, 1.54) is 0 Å². The van der Waals surface area contributed by atoms with Gasteiger partial charge in [-0.2, -0.15) is 0 Å². The Hall–Kier alpha value is -2.61. The molecule has 146 valence electrons. The number of hydrogen-bond donors (Lipinski definition) is 2. The number of rotatable bonds is 5. The van der Waals surface area contributed by atoms with Crippen LogP contribution in [0.3, 0.4) is 0 Å². The molecule has 0 saturated carbocycles. The number of nitrogens with one attached hydrogen (secondary N) is 2. The number of likely N-dealkylation sites (tertiary alicyclic amines) is 1. The first-order chi connectivity index (χ1) is 13.0. The Balaban J connectivity index is 1.47. The monoisotopic (exact) mass is 374 g/mol.